The van der Waals surface area contributed by atoms with Crippen molar-refractivity contribution in [3.63, 3.8) is 0 Å². The third kappa shape index (κ3) is 3.18. The van der Waals surface area contributed by atoms with Gasteiger partial charge in [0.15, 0.2) is 5.65 Å². The van der Waals surface area contributed by atoms with Crippen molar-refractivity contribution in [2.75, 3.05) is 7.05 Å². The highest BCUT2D eigenvalue weighted by molar-refractivity contribution is 5.76. The van der Waals surface area contributed by atoms with E-state index in [0.717, 1.165) is 11.3 Å². The smallest absolute Gasteiger partial charge is 0.337 e. The standard InChI is InChI=1S/C19H19N7O2/c1-14(15-6-8-16(9-7-15)26-13-20-12-21-26)23(2)18(27)11-25-19(28)24-10-4-3-5-17(24)22-25/h3-10,12-14H,11H2,1-2H3. The van der Waals surface area contributed by atoms with Gasteiger partial charge in [0.25, 0.3) is 0 Å². The van der Waals surface area contributed by atoms with Gasteiger partial charge < -0.3 is 4.90 Å². The largest absolute Gasteiger partial charge is 0.350 e. The minimum absolute atomic E-state index is 0.113. The van der Waals surface area contributed by atoms with E-state index in [1.165, 1.54) is 15.4 Å². The van der Waals surface area contributed by atoms with Crippen molar-refractivity contribution in [3.05, 3.63) is 77.4 Å². The molecule has 3 aromatic heterocycles. The van der Waals surface area contributed by atoms with Gasteiger partial charge in [-0.1, -0.05) is 18.2 Å². The van der Waals surface area contributed by atoms with Crippen LogP contribution >= 0.6 is 0 Å². The van der Waals surface area contributed by atoms with Crippen molar-refractivity contribution < 1.29 is 4.79 Å². The lowest BCUT2D eigenvalue weighted by molar-refractivity contribution is -0.132. The number of carbonyl (C=O) groups is 1. The van der Waals surface area contributed by atoms with Gasteiger partial charge in [-0.3, -0.25) is 9.20 Å². The molecule has 4 aromatic rings. The fourth-order valence-electron chi connectivity index (χ4n) is 3.00. The van der Waals surface area contributed by atoms with Crippen molar-refractivity contribution in [1.29, 1.82) is 0 Å². The molecule has 1 atom stereocenters. The van der Waals surface area contributed by atoms with Crippen LogP contribution in [0.1, 0.15) is 18.5 Å². The number of pyridine rings is 1. The average Bonchev–Trinajstić information content (AvgIpc) is 3.36. The number of benzene rings is 1. The number of fused-ring (bicyclic) bond motifs is 1. The van der Waals surface area contributed by atoms with Gasteiger partial charge in [0.05, 0.1) is 11.7 Å². The fraction of sp³-hybridized carbons (Fsp3) is 0.211. The van der Waals surface area contributed by atoms with Crippen molar-refractivity contribution in [3.8, 4) is 5.69 Å². The molecule has 0 fully saturated rings. The van der Waals surface area contributed by atoms with Gasteiger partial charge in [0.1, 0.15) is 19.2 Å². The fourth-order valence-corrected chi connectivity index (χ4v) is 3.00. The first-order chi connectivity index (χ1) is 13.5. The summed E-state index contributed by atoms with van der Waals surface area (Å²) in [6.45, 7) is 1.83. The minimum Gasteiger partial charge on any atom is -0.337 e. The molecule has 28 heavy (non-hydrogen) atoms. The van der Waals surface area contributed by atoms with Gasteiger partial charge in [-0.15, -0.1) is 5.10 Å². The van der Waals surface area contributed by atoms with Crippen LogP contribution < -0.4 is 5.69 Å². The third-order valence-corrected chi connectivity index (χ3v) is 4.81. The summed E-state index contributed by atoms with van der Waals surface area (Å²) in [5.41, 5.74) is 2.04. The van der Waals surface area contributed by atoms with E-state index in [9.17, 15) is 9.59 Å². The molecule has 0 bridgehead atoms. The molecule has 9 heteroatoms. The van der Waals surface area contributed by atoms with Gasteiger partial charge >= 0.3 is 5.69 Å². The van der Waals surface area contributed by atoms with Crippen molar-refractivity contribution >= 4 is 11.6 Å². The molecule has 0 aliphatic heterocycles. The van der Waals surface area contributed by atoms with Crippen LogP contribution in [0.15, 0.2) is 66.1 Å². The summed E-state index contributed by atoms with van der Waals surface area (Å²) in [6.07, 6.45) is 4.74. The number of hydrogen-bond acceptors (Lipinski definition) is 5. The van der Waals surface area contributed by atoms with Crippen LogP contribution in [0, 0.1) is 0 Å². The molecule has 4 rings (SSSR count). The summed E-state index contributed by atoms with van der Waals surface area (Å²) >= 11 is 0. The second kappa shape index (κ2) is 7.10. The summed E-state index contributed by atoms with van der Waals surface area (Å²) < 4.78 is 4.27. The maximum absolute atomic E-state index is 12.7. The van der Waals surface area contributed by atoms with E-state index in [1.54, 1.807) is 47.4 Å². The molecule has 0 saturated carbocycles. The van der Waals surface area contributed by atoms with Crippen LogP contribution in [0.2, 0.25) is 0 Å². The first-order valence-electron chi connectivity index (χ1n) is 8.79. The van der Waals surface area contributed by atoms with E-state index < -0.39 is 0 Å². The zero-order chi connectivity index (χ0) is 19.7. The Morgan fingerprint density at radius 1 is 1.18 bits per heavy atom. The van der Waals surface area contributed by atoms with E-state index >= 15 is 0 Å². The van der Waals surface area contributed by atoms with E-state index in [4.69, 9.17) is 0 Å². The van der Waals surface area contributed by atoms with E-state index in [-0.39, 0.29) is 24.2 Å². The lowest BCUT2D eigenvalue weighted by atomic mass is 10.1. The van der Waals surface area contributed by atoms with E-state index in [0.29, 0.717) is 5.65 Å². The van der Waals surface area contributed by atoms with Crippen LogP contribution in [0.5, 0.6) is 0 Å². The molecule has 0 aliphatic carbocycles. The Morgan fingerprint density at radius 3 is 2.64 bits per heavy atom. The molecular formula is C19H19N7O2. The SMILES string of the molecule is CC(c1ccc(-n2cncn2)cc1)N(C)C(=O)Cn1nc2ccccn2c1=O. The number of likely N-dealkylation sites (N-methyl/N-ethyl adjacent to an activating group) is 1. The molecule has 0 radical (unpaired) electrons. The predicted molar refractivity (Wildman–Crippen MR) is 102 cm³/mol. The Balaban J connectivity index is 1.49. The zero-order valence-electron chi connectivity index (χ0n) is 15.5. The molecule has 9 nitrogen and oxygen atoms in total. The van der Waals surface area contributed by atoms with Crippen LogP contribution in [0.4, 0.5) is 0 Å². The molecule has 0 spiro atoms. The number of nitrogens with zero attached hydrogens (tertiary/aromatic N) is 7. The summed E-state index contributed by atoms with van der Waals surface area (Å²) in [7, 11) is 1.72. The maximum atomic E-state index is 12.7. The maximum Gasteiger partial charge on any atom is 0.350 e. The molecule has 142 valence electrons. The van der Waals surface area contributed by atoms with Gasteiger partial charge in [0, 0.05) is 13.2 Å². The van der Waals surface area contributed by atoms with Gasteiger partial charge in [-0.05, 0) is 36.8 Å². The lowest BCUT2D eigenvalue weighted by Crippen LogP contribution is -2.35. The summed E-state index contributed by atoms with van der Waals surface area (Å²) in [5, 5.41) is 8.31. The second-order valence-electron chi connectivity index (χ2n) is 6.48. The average molecular weight is 377 g/mol. The monoisotopic (exact) mass is 377 g/mol. The van der Waals surface area contributed by atoms with Gasteiger partial charge in [0.2, 0.25) is 5.91 Å². The summed E-state index contributed by atoms with van der Waals surface area (Å²) in [4.78, 5) is 30.6. The quantitative estimate of drug-likeness (QED) is 0.523. The zero-order valence-corrected chi connectivity index (χ0v) is 15.5. The summed E-state index contributed by atoms with van der Waals surface area (Å²) in [6, 6.07) is 12.8. The van der Waals surface area contributed by atoms with E-state index in [1.807, 2.05) is 31.2 Å². The van der Waals surface area contributed by atoms with Crippen molar-refractivity contribution in [2.24, 2.45) is 0 Å². The van der Waals surface area contributed by atoms with Gasteiger partial charge in [-0.2, -0.15) is 5.10 Å². The normalized spacial score (nSPS) is 12.2. The Bertz CT molecular complexity index is 1160. The third-order valence-electron chi connectivity index (χ3n) is 4.81. The topological polar surface area (TPSA) is 90.3 Å². The second-order valence-corrected chi connectivity index (χ2v) is 6.48. The molecule has 1 unspecified atom stereocenters. The summed E-state index contributed by atoms with van der Waals surface area (Å²) in [5.74, 6) is -0.196. The van der Waals surface area contributed by atoms with Crippen LogP contribution in [-0.4, -0.2) is 46.8 Å². The molecular weight excluding hydrogens is 358 g/mol. The Hall–Kier alpha value is -3.75. The highest BCUT2D eigenvalue weighted by atomic mass is 16.2. The molecule has 1 aromatic carbocycles. The number of carbonyl (C=O) groups excluding carboxylic acids is 1. The number of hydrogen-bond donors (Lipinski definition) is 0. The molecule has 1 amide bonds. The van der Waals surface area contributed by atoms with E-state index in [2.05, 4.69) is 15.2 Å². The first kappa shape index (κ1) is 17.7. The number of aromatic nitrogens is 6. The Kier molecular flexibility index (Phi) is 4.48. The minimum atomic E-state index is -0.331. The van der Waals surface area contributed by atoms with Crippen LogP contribution in [-0.2, 0) is 11.3 Å². The highest BCUT2D eigenvalue weighted by Gasteiger charge is 2.19. The Morgan fingerprint density at radius 2 is 1.96 bits per heavy atom. The highest BCUT2D eigenvalue weighted by Crippen LogP contribution is 2.20. The van der Waals surface area contributed by atoms with Crippen molar-refractivity contribution in [2.45, 2.75) is 19.5 Å². The lowest BCUT2D eigenvalue weighted by Gasteiger charge is -2.25. The number of rotatable bonds is 5. The van der Waals surface area contributed by atoms with Crippen molar-refractivity contribution in [1.82, 2.24) is 33.8 Å². The first-order valence-corrected chi connectivity index (χ1v) is 8.79. The molecule has 0 aliphatic rings. The van der Waals surface area contributed by atoms with Gasteiger partial charge in [-0.25, -0.2) is 19.1 Å². The molecule has 0 saturated heterocycles. The molecule has 0 N–H and O–H groups in total. The van der Waals surface area contributed by atoms with Crippen LogP contribution in [0.25, 0.3) is 11.3 Å². The van der Waals surface area contributed by atoms with Crippen LogP contribution in [0.3, 0.4) is 0 Å². The predicted octanol–water partition coefficient (Wildman–Crippen LogP) is 1.30. The molecule has 3 heterocycles. The number of amides is 1. The Labute approximate surface area is 160 Å².